The molecule has 3 aromatic rings. The minimum Gasteiger partial charge on any atom is -0.365 e. The third kappa shape index (κ3) is 1.78. The maximum atomic E-state index is 12.0. The number of nitrogens with two attached hydrogens (primary N) is 1. The molecule has 8 heteroatoms. The van der Waals surface area contributed by atoms with Crippen LogP contribution in [0.25, 0.3) is 16.6 Å². The highest BCUT2D eigenvalue weighted by Crippen LogP contribution is 2.23. The number of aromatic amines is 1. The molecule has 19 heavy (non-hydrogen) atoms. The van der Waals surface area contributed by atoms with Crippen LogP contribution in [0.2, 0.25) is 5.02 Å². The molecule has 1 amide bonds. The van der Waals surface area contributed by atoms with Gasteiger partial charge in [-0.05, 0) is 30.4 Å². The molecule has 0 atom stereocenters. The minimum atomic E-state index is -0.629. The first-order valence-electron chi connectivity index (χ1n) is 5.16. The van der Waals surface area contributed by atoms with Crippen LogP contribution in [-0.4, -0.2) is 15.3 Å². The van der Waals surface area contributed by atoms with E-state index in [-0.39, 0.29) is 10.4 Å². The molecule has 96 valence electrons. The Morgan fingerprint density at radius 1 is 1.47 bits per heavy atom. The van der Waals surface area contributed by atoms with Crippen molar-refractivity contribution < 1.29 is 4.79 Å². The monoisotopic (exact) mass is 311 g/mol. The van der Waals surface area contributed by atoms with E-state index < -0.39 is 5.91 Å². The Bertz CT molecular complexity index is 954. The molecule has 0 aliphatic carbocycles. The molecule has 0 bridgehead atoms. The molecule has 0 aliphatic heterocycles. The van der Waals surface area contributed by atoms with Crippen LogP contribution < -0.4 is 11.3 Å². The Kier molecular flexibility index (Phi) is 2.70. The van der Waals surface area contributed by atoms with Crippen LogP contribution in [0.5, 0.6) is 0 Å². The van der Waals surface area contributed by atoms with E-state index in [1.54, 1.807) is 22.6 Å². The average molecular weight is 312 g/mol. The second-order valence-corrected chi connectivity index (χ2v) is 5.94. The van der Waals surface area contributed by atoms with Gasteiger partial charge in [-0.2, -0.15) is 0 Å². The summed E-state index contributed by atoms with van der Waals surface area (Å²) in [5.74, 6) is -0.629. The fourth-order valence-electron chi connectivity index (χ4n) is 1.93. The zero-order chi connectivity index (χ0) is 13.7. The van der Waals surface area contributed by atoms with Gasteiger partial charge in [0.15, 0.2) is 3.95 Å². The van der Waals surface area contributed by atoms with Gasteiger partial charge in [0.2, 0.25) is 0 Å². The molecule has 5 nitrogen and oxygen atoms in total. The maximum absolute atomic E-state index is 12.0. The van der Waals surface area contributed by atoms with Gasteiger partial charge in [0.25, 0.3) is 11.5 Å². The van der Waals surface area contributed by atoms with Crippen molar-refractivity contribution in [1.29, 1.82) is 0 Å². The first-order valence-corrected chi connectivity index (χ1v) is 6.76. The maximum Gasteiger partial charge on any atom is 0.262 e. The van der Waals surface area contributed by atoms with Gasteiger partial charge in [0.1, 0.15) is 10.5 Å². The number of thiazole rings is 1. The first kappa shape index (κ1) is 12.3. The second kappa shape index (κ2) is 4.16. The highest BCUT2D eigenvalue weighted by molar-refractivity contribution is 7.73. The van der Waals surface area contributed by atoms with Crippen LogP contribution in [0.3, 0.4) is 0 Å². The number of hydrogen-bond donors (Lipinski definition) is 2. The molecule has 0 radical (unpaired) electrons. The van der Waals surface area contributed by atoms with Crippen molar-refractivity contribution in [3.63, 3.8) is 0 Å². The number of benzene rings is 1. The van der Waals surface area contributed by atoms with Gasteiger partial charge in [-0.25, -0.2) is 0 Å². The van der Waals surface area contributed by atoms with E-state index >= 15 is 0 Å². The van der Waals surface area contributed by atoms with Crippen molar-refractivity contribution in [2.75, 3.05) is 0 Å². The van der Waals surface area contributed by atoms with Gasteiger partial charge in [0, 0.05) is 5.02 Å². The molecule has 0 aliphatic rings. The fraction of sp³-hybridized carbons (Fsp3) is 0. The molecule has 3 rings (SSSR count). The number of nitrogens with one attached hydrogen (secondary N) is 1. The predicted molar refractivity (Wildman–Crippen MR) is 77.8 cm³/mol. The van der Waals surface area contributed by atoms with Gasteiger partial charge >= 0.3 is 0 Å². The topological polar surface area (TPSA) is 80.4 Å². The Morgan fingerprint density at radius 2 is 2.21 bits per heavy atom. The lowest BCUT2D eigenvalue weighted by Crippen LogP contribution is -2.14. The number of carbonyl (C=O) groups excluding carboxylic acids is 1. The summed E-state index contributed by atoms with van der Waals surface area (Å²) < 4.78 is 2.02. The predicted octanol–water partition coefficient (Wildman–Crippen LogP) is 2.32. The zero-order valence-corrected chi connectivity index (χ0v) is 11.7. The summed E-state index contributed by atoms with van der Waals surface area (Å²) in [4.78, 5) is 26.2. The van der Waals surface area contributed by atoms with Crippen molar-refractivity contribution >= 4 is 57.6 Å². The van der Waals surface area contributed by atoms with Crippen molar-refractivity contribution in [2.45, 2.75) is 0 Å². The number of hydrogen-bond acceptors (Lipinski definition) is 4. The van der Waals surface area contributed by atoms with Crippen molar-refractivity contribution in [3.05, 3.63) is 42.4 Å². The number of carbonyl (C=O) groups is 1. The number of nitrogens with zero attached hydrogens (tertiary/aromatic N) is 1. The number of amides is 1. The molecule has 0 saturated carbocycles. The molecule has 2 heterocycles. The van der Waals surface area contributed by atoms with Crippen molar-refractivity contribution in [3.8, 4) is 0 Å². The van der Waals surface area contributed by atoms with Crippen molar-refractivity contribution in [2.24, 2.45) is 5.73 Å². The Morgan fingerprint density at radius 3 is 2.89 bits per heavy atom. The lowest BCUT2D eigenvalue weighted by atomic mass is 10.2. The van der Waals surface area contributed by atoms with E-state index in [2.05, 4.69) is 4.98 Å². The minimum absolute atomic E-state index is 0.226. The summed E-state index contributed by atoms with van der Waals surface area (Å²) in [5.41, 5.74) is 5.83. The van der Waals surface area contributed by atoms with Crippen molar-refractivity contribution in [1.82, 2.24) is 9.38 Å². The molecule has 0 fully saturated rings. The molecule has 3 N–H and O–H groups in total. The highest BCUT2D eigenvalue weighted by atomic mass is 35.5. The Hall–Kier alpha value is -1.70. The van der Waals surface area contributed by atoms with Crippen LogP contribution >= 0.6 is 35.2 Å². The lowest BCUT2D eigenvalue weighted by Gasteiger charge is -2.03. The summed E-state index contributed by atoms with van der Waals surface area (Å²) in [5, 5.41) is 0.926. The standard InChI is InChI=1S/C11H6ClN3O2S2/c12-4-1-2-5-6(3-4)15-9(14-10(5)17)7(8(13)16)19-11(15)18/h1-3H,(H2,13,16)(H,14,17). The number of halogens is 1. The number of fused-ring (bicyclic) bond motifs is 3. The van der Waals surface area contributed by atoms with E-state index in [0.29, 0.717) is 25.5 Å². The molecule has 1 aromatic carbocycles. The number of rotatable bonds is 1. The third-order valence-electron chi connectivity index (χ3n) is 2.71. The van der Waals surface area contributed by atoms with E-state index in [9.17, 15) is 9.59 Å². The molecule has 0 unspecified atom stereocenters. The summed E-state index contributed by atoms with van der Waals surface area (Å²) in [6.07, 6.45) is 0. The summed E-state index contributed by atoms with van der Waals surface area (Å²) >= 11 is 12.2. The van der Waals surface area contributed by atoms with Gasteiger partial charge in [-0.15, -0.1) is 0 Å². The molecular weight excluding hydrogens is 306 g/mol. The second-order valence-electron chi connectivity index (χ2n) is 3.86. The Balaban J connectivity index is 2.68. The average Bonchev–Trinajstić information content (AvgIpc) is 2.66. The summed E-state index contributed by atoms with van der Waals surface area (Å²) in [6.45, 7) is 0. The van der Waals surface area contributed by atoms with E-state index in [1.807, 2.05) is 0 Å². The largest absolute Gasteiger partial charge is 0.365 e. The third-order valence-corrected chi connectivity index (χ3v) is 4.34. The lowest BCUT2D eigenvalue weighted by molar-refractivity contribution is 0.100. The summed E-state index contributed by atoms with van der Waals surface area (Å²) in [6, 6.07) is 4.86. The van der Waals surface area contributed by atoms with Crippen LogP contribution in [-0.2, 0) is 0 Å². The number of aromatic nitrogens is 2. The van der Waals surface area contributed by atoms with Crippen LogP contribution in [0.4, 0.5) is 0 Å². The van der Waals surface area contributed by atoms with Gasteiger partial charge in [-0.3, -0.25) is 14.0 Å². The SMILES string of the molecule is NC(=O)c1sc(=S)n2c1[nH]c(=O)c1ccc(Cl)cc12. The summed E-state index contributed by atoms with van der Waals surface area (Å²) in [7, 11) is 0. The molecule has 0 saturated heterocycles. The quantitative estimate of drug-likeness (QED) is 0.677. The highest BCUT2D eigenvalue weighted by Gasteiger charge is 2.15. The number of primary amides is 1. The normalized spacial score (nSPS) is 11.2. The van der Waals surface area contributed by atoms with Gasteiger partial charge in [-0.1, -0.05) is 22.9 Å². The molecule has 0 spiro atoms. The molecular formula is C11H6ClN3O2S2. The zero-order valence-electron chi connectivity index (χ0n) is 9.27. The van der Waals surface area contributed by atoms with Crippen LogP contribution in [0.15, 0.2) is 23.0 Å². The fourth-order valence-corrected chi connectivity index (χ4v) is 3.33. The Labute approximate surface area is 120 Å². The number of H-pyrrole nitrogens is 1. The van der Waals surface area contributed by atoms with Crippen LogP contribution in [0.1, 0.15) is 9.67 Å². The van der Waals surface area contributed by atoms with E-state index in [4.69, 9.17) is 29.6 Å². The van der Waals surface area contributed by atoms with Gasteiger partial charge in [0.05, 0.1) is 10.9 Å². The smallest absolute Gasteiger partial charge is 0.262 e. The first-order chi connectivity index (χ1) is 8.99. The van der Waals surface area contributed by atoms with Gasteiger partial charge < -0.3 is 10.7 Å². The molecule has 2 aromatic heterocycles. The van der Waals surface area contributed by atoms with E-state index in [1.165, 1.54) is 0 Å². The van der Waals surface area contributed by atoms with Crippen LogP contribution in [0, 0.1) is 3.95 Å². The van der Waals surface area contributed by atoms with E-state index in [0.717, 1.165) is 11.3 Å².